The number of aromatic nitrogens is 2. The molecule has 3 atom stereocenters. The Morgan fingerprint density at radius 2 is 1.83 bits per heavy atom. The number of carboxylic acid groups (broad SMARTS) is 2. The van der Waals surface area contributed by atoms with Crippen LogP contribution in [0.1, 0.15) is 36.2 Å². The van der Waals surface area contributed by atoms with Gasteiger partial charge in [-0.25, -0.2) is 14.6 Å². The Bertz CT molecular complexity index is 1350. The summed E-state index contributed by atoms with van der Waals surface area (Å²) in [7, 11) is 0. The van der Waals surface area contributed by atoms with Gasteiger partial charge in [-0.3, -0.25) is 4.79 Å². The van der Waals surface area contributed by atoms with E-state index in [0.717, 1.165) is 11.3 Å². The number of carbonyl (C=O) groups excluding carboxylic acids is 1. The summed E-state index contributed by atoms with van der Waals surface area (Å²) in [5.41, 5.74) is 1.61. The van der Waals surface area contributed by atoms with Gasteiger partial charge < -0.3 is 25.4 Å². The van der Waals surface area contributed by atoms with Crippen molar-refractivity contribution in [1.82, 2.24) is 15.3 Å². The van der Waals surface area contributed by atoms with Crippen molar-refractivity contribution in [2.45, 2.75) is 13.0 Å². The summed E-state index contributed by atoms with van der Waals surface area (Å²) >= 11 is 13.3. The second kappa shape index (κ2) is 9.52. The number of aryl methyl sites for hydroxylation is 1. The molecule has 0 radical (unpaired) electrons. The number of hydrogen-bond acceptors (Lipinski definition) is 6. The molecule has 2 aliphatic rings. The fourth-order valence-electron chi connectivity index (χ4n) is 4.43. The molecule has 1 unspecified atom stereocenters. The molecule has 3 aromatic rings. The number of halogens is 2. The zero-order valence-corrected chi connectivity index (χ0v) is 20.0. The number of benzene rings is 1. The molecule has 2 aromatic heterocycles. The number of fused-ring (bicyclic) bond motifs is 1. The number of carboxylic acids is 2. The molecule has 3 heterocycles. The number of aromatic carboxylic acids is 2. The van der Waals surface area contributed by atoms with Crippen molar-refractivity contribution in [3.8, 4) is 11.3 Å². The second-order valence-corrected chi connectivity index (χ2v) is 10.1. The number of nitrogens with zero attached hydrogens (tertiary/aromatic N) is 2. The van der Waals surface area contributed by atoms with Gasteiger partial charge in [0.05, 0.1) is 21.3 Å². The van der Waals surface area contributed by atoms with Gasteiger partial charge in [0.25, 0.3) is 5.91 Å². The minimum atomic E-state index is -1.12. The molecule has 35 heavy (non-hydrogen) atoms. The first-order valence-corrected chi connectivity index (χ1v) is 11.9. The van der Waals surface area contributed by atoms with E-state index in [0.29, 0.717) is 34.5 Å². The third-order valence-corrected chi connectivity index (χ3v) is 8.29. The van der Waals surface area contributed by atoms with Crippen molar-refractivity contribution in [1.29, 1.82) is 0 Å². The summed E-state index contributed by atoms with van der Waals surface area (Å²) in [6, 6.07) is 6.06. The Labute approximate surface area is 225 Å². The summed E-state index contributed by atoms with van der Waals surface area (Å²) in [5, 5.41) is 23.0. The van der Waals surface area contributed by atoms with Gasteiger partial charge in [0.15, 0.2) is 5.13 Å². The quantitative estimate of drug-likeness (QED) is 0.360. The average Bonchev–Trinajstić information content (AvgIpc) is 3.19. The van der Waals surface area contributed by atoms with E-state index in [-0.39, 0.29) is 69.5 Å². The van der Waals surface area contributed by atoms with Gasteiger partial charge in [-0.1, -0.05) is 46.7 Å². The molecule has 13 heteroatoms. The van der Waals surface area contributed by atoms with Crippen LogP contribution in [0.5, 0.6) is 0 Å². The van der Waals surface area contributed by atoms with E-state index in [2.05, 4.69) is 15.3 Å². The summed E-state index contributed by atoms with van der Waals surface area (Å²) in [6.07, 6.45) is 0. The van der Waals surface area contributed by atoms with Crippen LogP contribution in [-0.2, 0) is 0 Å². The molecule has 9 nitrogen and oxygen atoms in total. The zero-order valence-electron chi connectivity index (χ0n) is 17.6. The van der Waals surface area contributed by atoms with Crippen LogP contribution in [0.4, 0.5) is 5.13 Å². The molecule has 5 rings (SSSR count). The molecule has 0 bridgehead atoms. The van der Waals surface area contributed by atoms with Crippen LogP contribution in [-0.4, -0.2) is 76.0 Å². The van der Waals surface area contributed by atoms with E-state index in [1.165, 1.54) is 12.1 Å². The third-order valence-electron chi connectivity index (χ3n) is 6.24. The molecule has 1 saturated carbocycles. The molecular formula is C22H19Cl2LiN4O5S. The fraction of sp³-hybridized carbons (Fsp3) is 0.273. The van der Waals surface area contributed by atoms with Crippen LogP contribution in [0.2, 0.25) is 10.0 Å². The predicted molar refractivity (Wildman–Crippen MR) is 135 cm³/mol. The van der Waals surface area contributed by atoms with Crippen LogP contribution in [0.25, 0.3) is 11.3 Å². The summed E-state index contributed by atoms with van der Waals surface area (Å²) < 4.78 is 0. The van der Waals surface area contributed by atoms with E-state index in [4.69, 9.17) is 23.2 Å². The van der Waals surface area contributed by atoms with Crippen molar-refractivity contribution in [3.05, 3.63) is 56.1 Å². The number of hydrogen-bond donors (Lipinski definition) is 4. The van der Waals surface area contributed by atoms with Crippen LogP contribution in [0, 0.1) is 18.8 Å². The van der Waals surface area contributed by atoms with E-state index < -0.39 is 11.9 Å². The molecule has 1 aromatic carbocycles. The van der Waals surface area contributed by atoms with E-state index in [1.54, 1.807) is 19.1 Å². The Kier molecular flexibility index (Phi) is 6.97. The number of carbonyl (C=O) groups is 3. The molecular weight excluding hydrogens is 510 g/mol. The molecule has 1 saturated heterocycles. The van der Waals surface area contributed by atoms with Crippen LogP contribution in [0.3, 0.4) is 0 Å². The number of rotatable bonds is 6. The Morgan fingerprint density at radius 3 is 2.40 bits per heavy atom. The molecule has 2 fully saturated rings. The van der Waals surface area contributed by atoms with Gasteiger partial charge in [0, 0.05) is 42.2 Å². The van der Waals surface area contributed by atoms with E-state index >= 15 is 0 Å². The van der Waals surface area contributed by atoms with E-state index in [1.807, 2.05) is 4.90 Å². The van der Waals surface area contributed by atoms with Gasteiger partial charge in [-0.2, -0.15) is 0 Å². The second-order valence-electron chi connectivity index (χ2n) is 8.35. The van der Waals surface area contributed by atoms with Crippen molar-refractivity contribution >= 4 is 76.4 Å². The van der Waals surface area contributed by atoms with Crippen molar-refractivity contribution in [3.63, 3.8) is 0 Å². The van der Waals surface area contributed by atoms with Crippen LogP contribution >= 0.6 is 34.5 Å². The fourth-order valence-corrected chi connectivity index (χ4v) is 5.79. The number of thiazole rings is 1. The predicted octanol–water partition coefficient (Wildman–Crippen LogP) is 3.37. The van der Waals surface area contributed by atoms with Gasteiger partial charge >= 0.3 is 30.8 Å². The summed E-state index contributed by atoms with van der Waals surface area (Å²) in [5.74, 6) is -2.10. The molecule has 1 aliphatic heterocycles. The molecule has 0 spiro atoms. The Balaban J connectivity index is 0.00000289. The first-order valence-electron chi connectivity index (χ1n) is 10.3. The number of H-pyrrole nitrogens is 1. The number of nitrogens with one attached hydrogen (secondary N) is 2. The van der Waals surface area contributed by atoms with Gasteiger partial charge in [-0.15, -0.1) is 0 Å². The molecule has 1 aliphatic carbocycles. The zero-order chi connectivity index (χ0) is 24.3. The topological polar surface area (TPSA) is 136 Å². The number of piperidine rings is 1. The first kappa shape index (κ1) is 25.6. The van der Waals surface area contributed by atoms with Gasteiger partial charge in [0.2, 0.25) is 0 Å². The number of amides is 1. The standard InChI is InChI=1S/C22H18Cl2N4O5S.Li.H/c1-8-13(23)14(24)17(25-8)19(29)26-16-11-6-28(7-12(11)16)22-27-15(18(34-22)21(32)33)9-3-2-4-10(5-9)20(30)31;;/h2-5,11-12,16,25H,6-7H2,1H3,(H,26,29)(H,30,31)(H,32,33);;/t11-,12+,16?;;. The molecule has 4 N–H and O–H groups in total. The third kappa shape index (κ3) is 4.57. The monoisotopic (exact) mass is 528 g/mol. The Morgan fingerprint density at radius 1 is 1.14 bits per heavy atom. The van der Waals surface area contributed by atoms with Crippen molar-refractivity contribution in [2.24, 2.45) is 11.8 Å². The van der Waals surface area contributed by atoms with Gasteiger partial charge in [0.1, 0.15) is 10.6 Å². The summed E-state index contributed by atoms with van der Waals surface area (Å²) in [6.45, 7) is 2.98. The maximum atomic E-state index is 12.6. The van der Waals surface area contributed by atoms with Gasteiger partial charge in [-0.05, 0) is 19.1 Å². The number of aromatic amines is 1. The normalized spacial score (nSPS) is 20.2. The maximum absolute atomic E-state index is 12.6. The first-order chi connectivity index (χ1) is 16.2. The van der Waals surface area contributed by atoms with Crippen molar-refractivity contribution in [2.75, 3.05) is 18.0 Å². The number of anilines is 1. The van der Waals surface area contributed by atoms with Crippen LogP contribution < -0.4 is 10.2 Å². The minimum absolute atomic E-state index is 0. The Hall–Kier alpha value is -2.48. The summed E-state index contributed by atoms with van der Waals surface area (Å²) in [4.78, 5) is 45.3. The van der Waals surface area contributed by atoms with Crippen LogP contribution in [0.15, 0.2) is 24.3 Å². The average molecular weight is 529 g/mol. The van der Waals surface area contributed by atoms with Crippen molar-refractivity contribution < 1.29 is 24.6 Å². The molecule has 178 valence electrons. The molecule has 1 amide bonds. The van der Waals surface area contributed by atoms with E-state index in [9.17, 15) is 24.6 Å². The SMILES string of the molecule is Cc1[nH]c(C(=O)NC2[C@H]3CN(c4nc(-c5cccc(C(=O)O)c5)c(C(=O)O)s4)C[C@@H]23)c(Cl)c1Cl.[LiH].